The minimum Gasteiger partial charge on any atom is -0.388 e. The van der Waals surface area contributed by atoms with Crippen LogP contribution in [0.4, 0.5) is 5.69 Å². The molecule has 0 bridgehead atoms. The van der Waals surface area contributed by atoms with Gasteiger partial charge in [0, 0.05) is 24.7 Å². The van der Waals surface area contributed by atoms with Gasteiger partial charge in [-0.2, -0.15) is 0 Å². The quantitative estimate of drug-likeness (QED) is 0.781. The molecule has 0 saturated heterocycles. The van der Waals surface area contributed by atoms with E-state index in [0.29, 0.717) is 13.0 Å². The lowest BCUT2D eigenvalue weighted by Crippen LogP contribution is -2.06. The molecular weight excluding hydrogens is 250 g/mol. The third-order valence-electron chi connectivity index (χ3n) is 3.21. The minimum absolute atomic E-state index is 0.196. The summed E-state index contributed by atoms with van der Waals surface area (Å²) in [5.74, 6) is 0. The van der Waals surface area contributed by atoms with Gasteiger partial charge in [-0.25, -0.2) is 0 Å². The Morgan fingerprint density at radius 1 is 1.10 bits per heavy atom. The van der Waals surface area contributed by atoms with E-state index in [1.807, 2.05) is 61.6 Å². The molecule has 20 heavy (non-hydrogen) atoms. The molecule has 1 N–H and O–H groups in total. The molecule has 0 aliphatic heterocycles. The van der Waals surface area contributed by atoms with Crippen molar-refractivity contribution in [2.75, 3.05) is 12.4 Å². The molecule has 3 nitrogen and oxygen atoms in total. The van der Waals surface area contributed by atoms with E-state index >= 15 is 0 Å². The Hall–Kier alpha value is -2.13. The molecule has 0 spiro atoms. The Balaban J connectivity index is 2.08. The van der Waals surface area contributed by atoms with Gasteiger partial charge >= 0.3 is 0 Å². The molecule has 0 heterocycles. The summed E-state index contributed by atoms with van der Waals surface area (Å²) in [5, 5.41) is 3.14. The number of carbonyl (C=O) groups excluding carboxylic acids is 1. The van der Waals surface area contributed by atoms with Crippen LogP contribution in [0.15, 0.2) is 54.6 Å². The van der Waals surface area contributed by atoms with Gasteiger partial charge in [0.1, 0.15) is 6.29 Å². The van der Waals surface area contributed by atoms with E-state index in [1.54, 1.807) is 0 Å². The van der Waals surface area contributed by atoms with Crippen molar-refractivity contribution in [3.05, 3.63) is 65.7 Å². The first-order valence-electron chi connectivity index (χ1n) is 6.71. The summed E-state index contributed by atoms with van der Waals surface area (Å²) in [6, 6.07) is 17.8. The van der Waals surface area contributed by atoms with E-state index in [0.717, 1.165) is 23.1 Å². The number of ether oxygens (including phenoxy) is 1. The van der Waals surface area contributed by atoms with Crippen LogP contribution in [-0.4, -0.2) is 13.3 Å². The number of hydrogen-bond donors (Lipinski definition) is 1. The van der Waals surface area contributed by atoms with E-state index < -0.39 is 0 Å². The topological polar surface area (TPSA) is 38.3 Å². The lowest BCUT2D eigenvalue weighted by molar-refractivity contribution is -0.110. The molecule has 3 heteroatoms. The van der Waals surface area contributed by atoms with Gasteiger partial charge in [-0.1, -0.05) is 48.5 Å². The van der Waals surface area contributed by atoms with Crippen LogP contribution in [0.25, 0.3) is 0 Å². The van der Waals surface area contributed by atoms with E-state index in [2.05, 4.69) is 5.32 Å². The molecule has 0 radical (unpaired) electrons. The molecule has 0 saturated carbocycles. The standard InChI is InChI=1S/C17H19NO2/c1-18-16-10-6-5-9-15(16)13-20-17(11-12-19)14-7-3-2-4-8-14/h2-10,12,17-18H,11,13H2,1H3/t17-/m0/s1. The number of nitrogens with one attached hydrogen (secondary N) is 1. The van der Waals surface area contributed by atoms with Crippen LogP contribution in [-0.2, 0) is 16.1 Å². The highest BCUT2D eigenvalue weighted by Crippen LogP contribution is 2.23. The van der Waals surface area contributed by atoms with Crippen LogP contribution in [0.1, 0.15) is 23.7 Å². The fourth-order valence-corrected chi connectivity index (χ4v) is 2.14. The maximum absolute atomic E-state index is 10.8. The van der Waals surface area contributed by atoms with E-state index in [9.17, 15) is 4.79 Å². The number of carbonyl (C=O) groups is 1. The van der Waals surface area contributed by atoms with E-state index in [-0.39, 0.29) is 6.10 Å². The van der Waals surface area contributed by atoms with Crippen LogP contribution in [0.5, 0.6) is 0 Å². The highest BCUT2D eigenvalue weighted by molar-refractivity contribution is 5.51. The van der Waals surface area contributed by atoms with Gasteiger partial charge in [0.25, 0.3) is 0 Å². The van der Waals surface area contributed by atoms with Gasteiger partial charge in [0.05, 0.1) is 12.7 Å². The van der Waals surface area contributed by atoms with Crippen molar-refractivity contribution in [3.63, 3.8) is 0 Å². The average molecular weight is 269 g/mol. The second-order valence-electron chi connectivity index (χ2n) is 4.52. The maximum Gasteiger partial charge on any atom is 0.122 e. The van der Waals surface area contributed by atoms with Crippen molar-refractivity contribution in [3.8, 4) is 0 Å². The molecule has 2 rings (SSSR count). The molecule has 0 unspecified atom stereocenters. The van der Waals surface area contributed by atoms with Crippen LogP contribution in [0.2, 0.25) is 0 Å². The number of benzene rings is 2. The van der Waals surface area contributed by atoms with Crippen LogP contribution >= 0.6 is 0 Å². The molecule has 104 valence electrons. The zero-order chi connectivity index (χ0) is 14.2. The first kappa shape index (κ1) is 14.3. The molecule has 0 fully saturated rings. The van der Waals surface area contributed by atoms with Crippen molar-refractivity contribution in [2.24, 2.45) is 0 Å². The first-order valence-corrected chi connectivity index (χ1v) is 6.71. The molecule has 2 aromatic rings. The number of aldehydes is 1. The summed E-state index contributed by atoms with van der Waals surface area (Å²) >= 11 is 0. The second kappa shape index (κ2) is 7.46. The number of para-hydroxylation sites is 1. The lowest BCUT2D eigenvalue weighted by atomic mass is 10.1. The smallest absolute Gasteiger partial charge is 0.122 e. The van der Waals surface area contributed by atoms with Gasteiger partial charge in [-0.05, 0) is 11.6 Å². The van der Waals surface area contributed by atoms with Gasteiger partial charge in [0.15, 0.2) is 0 Å². The van der Waals surface area contributed by atoms with Crippen molar-refractivity contribution < 1.29 is 9.53 Å². The first-order chi connectivity index (χ1) is 9.85. The van der Waals surface area contributed by atoms with Crippen molar-refractivity contribution in [2.45, 2.75) is 19.1 Å². The molecule has 0 aromatic heterocycles. The number of rotatable bonds is 7. The SMILES string of the molecule is CNc1ccccc1CO[C@@H](CC=O)c1ccccc1. The second-order valence-corrected chi connectivity index (χ2v) is 4.52. The van der Waals surface area contributed by atoms with Crippen molar-refractivity contribution >= 4 is 12.0 Å². The zero-order valence-electron chi connectivity index (χ0n) is 11.6. The third kappa shape index (κ3) is 3.68. The third-order valence-corrected chi connectivity index (χ3v) is 3.21. The van der Waals surface area contributed by atoms with Crippen LogP contribution in [0.3, 0.4) is 0 Å². The van der Waals surface area contributed by atoms with Gasteiger partial charge in [-0.15, -0.1) is 0 Å². The summed E-state index contributed by atoms with van der Waals surface area (Å²) < 4.78 is 5.93. The fraction of sp³-hybridized carbons (Fsp3) is 0.235. The van der Waals surface area contributed by atoms with Crippen molar-refractivity contribution in [1.29, 1.82) is 0 Å². The lowest BCUT2D eigenvalue weighted by Gasteiger charge is -2.17. The summed E-state index contributed by atoms with van der Waals surface area (Å²) in [5.41, 5.74) is 3.16. The number of hydrogen-bond acceptors (Lipinski definition) is 3. The Morgan fingerprint density at radius 3 is 2.50 bits per heavy atom. The predicted molar refractivity (Wildman–Crippen MR) is 80.6 cm³/mol. The van der Waals surface area contributed by atoms with E-state index in [4.69, 9.17) is 4.74 Å². The highest BCUT2D eigenvalue weighted by Gasteiger charge is 2.12. The van der Waals surface area contributed by atoms with E-state index in [1.165, 1.54) is 0 Å². The Morgan fingerprint density at radius 2 is 1.80 bits per heavy atom. The summed E-state index contributed by atoms with van der Waals surface area (Å²) in [4.78, 5) is 10.8. The zero-order valence-corrected chi connectivity index (χ0v) is 11.6. The van der Waals surface area contributed by atoms with Gasteiger partial charge in [-0.3, -0.25) is 0 Å². The monoisotopic (exact) mass is 269 g/mol. The molecule has 2 aromatic carbocycles. The normalized spacial score (nSPS) is 11.8. The largest absolute Gasteiger partial charge is 0.388 e. The minimum atomic E-state index is -0.196. The van der Waals surface area contributed by atoms with Crippen LogP contribution < -0.4 is 5.32 Å². The predicted octanol–water partition coefficient (Wildman–Crippen LogP) is 3.58. The van der Waals surface area contributed by atoms with Crippen LogP contribution in [0, 0.1) is 0 Å². The summed E-state index contributed by atoms with van der Waals surface area (Å²) in [6.45, 7) is 0.477. The molecule has 0 aliphatic rings. The molecule has 0 amide bonds. The Kier molecular flexibility index (Phi) is 5.33. The Labute approximate surface area is 119 Å². The maximum atomic E-state index is 10.8. The molecular formula is C17H19NO2. The summed E-state index contributed by atoms with van der Waals surface area (Å²) in [7, 11) is 1.89. The van der Waals surface area contributed by atoms with Gasteiger partial charge in [0.2, 0.25) is 0 Å². The fourth-order valence-electron chi connectivity index (χ4n) is 2.14. The van der Waals surface area contributed by atoms with Gasteiger partial charge < -0.3 is 14.8 Å². The molecule has 1 atom stereocenters. The number of anilines is 1. The average Bonchev–Trinajstić information content (AvgIpc) is 2.52. The highest BCUT2D eigenvalue weighted by atomic mass is 16.5. The molecule has 0 aliphatic carbocycles. The Bertz CT molecular complexity index is 540. The van der Waals surface area contributed by atoms with Crippen molar-refractivity contribution in [1.82, 2.24) is 0 Å². The summed E-state index contributed by atoms with van der Waals surface area (Å²) in [6.07, 6.45) is 1.08.